The first-order chi connectivity index (χ1) is 50.2. The third-order valence-corrected chi connectivity index (χ3v) is 16.5. The molecule has 7 N–H and O–H groups in total. The van der Waals surface area contributed by atoms with Crippen molar-refractivity contribution in [1.29, 1.82) is 0 Å². The molecule has 0 saturated heterocycles. The third kappa shape index (κ3) is 29.7. The molecule has 0 unspecified atom stereocenters. The lowest BCUT2D eigenvalue weighted by atomic mass is 9.98. The van der Waals surface area contributed by atoms with E-state index < -0.39 is 30.3 Å². The lowest BCUT2D eigenvalue weighted by Crippen LogP contribution is -2.26. The smallest absolute Gasteiger partial charge is 0.407 e. The molecule has 7 amide bonds. The van der Waals surface area contributed by atoms with Gasteiger partial charge in [-0.1, -0.05) is 170 Å². The number of carbonyl (C=O) groups excluding carboxylic acids is 8. The van der Waals surface area contributed by atoms with Crippen molar-refractivity contribution in [2.75, 3.05) is 39.3 Å². The van der Waals surface area contributed by atoms with E-state index >= 15 is 0 Å². The van der Waals surface area contributed by atoms with Crippen LogP contribution in [0.25, 0.3) is 0 Å². The van der Waals surface area contributed by atoms with Crippen molar-refractivity contribution in [2.45, 2.75) is 124 Å². The zero-order valence-electron chi connectivity index (χ0n) is 58.5. The predicted molar refractivity (Wildman–Crippen MR) is 395 cm³/mol. The molecule has 0 saturated carbocycles. The Labute approximate surface area is 603 Å². The summed E-state index contributed by atoms with van der Waals surface area (Å²) in [5.41, 5.74) is 12.3. The van der Waals surface area contributed by atoms with E-state index in [0.29, 0.717) is 139 Å². The minimum absolute atomic E-state index is 0.0865. The SMILES string of the molecule is C=C(C)C(=O)OCc1ccc(CNC(=O)c2cc(CCCNC(=O)c3cc(CCCNC(=O)OCc4ccccc4)cc(CCCNC(=O)OCc4ccccc4)c3)cc(CCCNC(=O)c3cc(CCCNC(=O)OCc4ccccc4)cc(CCCNC(=O)OCc4ccccc4)c3)c2)cc1. The lowest BCUT2D eigenvalue weighted by Gasteiger charge is -2.13. The van der Waals surface area contributed by atoms with Gasteiger partial charge in [0.1, 0.15) is 33.0 Å². The van der Waals surface area contributed by atoms with Gasteiger partial charge in [0.15, 0.2) is 0 Å². The average molecular weight is 1400 g/mol. The monoisotopic (exact) mass is 1400 g/mol. The molecule has 538 valence electrons. The molecule has 0 aliphatic rings. The van der Waals surface area contributed by atoms with Gasteiger partial charge in [-0.05, 0) is 187 Å². The average Bonchev–Trinajstić information content (AvgIpc) is 0.862. The van der Waals surface area contributed by atoms with Gasteiger partial charge in [-0.2, -0.15) is 0 Å². The highest BCUT2D eigenvalue weighted by atomic mass is 16.6. The summed E-state index contributed by atoms with van der Waals surface area (Å²) in [7, 11) is 0. The molecule has 0 radical (unpaired) electrons. The van der Waals surface area contributed by atoms with Gasteiger partial charge in [0, 0.05) is 68.1 Å². The number of carbonyl (C=O) groups is 8. The van der Waals surface area contributed by atoms with E-state index in [1.807, 2.05) is 194 Å². The Bertz CT molecular complexity index is 3670. The first-order valence-electron chi connectivity index (χ1n) is 35.1. The molecule has 20 nitrogen and oxygen atoms in total. The van der Waals surface area contributed by atoms with Gasteiger partial charge < -0.3 is 60.9 Å². The zero-order chi connectivity index (χ0) is 72.6. The van der Waals surface area contributed by atoms with Crippen LogP contribution in [0.4, 0.5) is 19.2 Å². The summed E-state index contributed by atoms with van der Waals surface area (Å²) in [6.07, 6.45) is 4.69. The summed E-state index contributed by atoms with van der Waals surface area (Å²) in [4.78, 5) is 104. The van der Waals surface area contributed by atoms with Crippen LogP contribution in [0.5, 0.6) is 0 Å². The molecule has 8 rings (SSSR count). The number of rotatable bonds is 40. The second kappa shape index (κ2) is 43.2. The zero-order valence-corrected chi connectivity index (χ0v) is 58.5. The summed E-state index contributed by atoms with van der Waals surface area (Å²) < 4.78 is 26.9. The molecule has 20 heteroatoms. The van der Waals surface area contributed by atoms with Crippen molar-refractivity contribution in [2.24, 2.45) is 0 Å². The van der Waals surface area contributed by atoms with E-state index in [0.717, 1.165) is 66.8 Å². The molecule has 8 aromatic rings. The molecule has 0 aliphatic heterocycles. The lowest BCUT2D eigenvalue weighted by molar-refractivity contribution is -0.140. The van der Waals surface area contributed by atoms with Crippen LogP contribution in [-0.2, 0) is 107 Å². The van der Waals surface area contributed by atoms with Gasteiger partial charge in [-0.25, -0.2) is 24.0 Å². The van der Waals surface area contributed by atoms with E-state index in [2.05, 4.69) is 49.9 Å². The predicted octanol–water partition coefficient (Wildman–Crippen LogP) is 13.4. The number of nitrogens with one attached hydrogen (secondary N) is 7. The van der Waals surface area contributed by atoms with Gasteiger partial charge >= 0.3 is 30.3 Å². The maximum absolute atomic E-state index is 14.1. The van der Waals surface area contributed by atoms with E-state index in [-0.39, 0.29) is 57.3 Å². The van der Waals surface area contributed by atoms with Crippen LogP contribution in [0.1, 0.15) is 143 Å². The second-order valence-corrected chi connectivity index (χ2v) is 25.1. The molecule has 0 heterocycles. The van der Waals surface area contributed by atoms with E-state index in [9.17, 15) is 38.4 Å². The Hall–Kier alpha value is -11.5. The fourth-order valence-electron chi connectivity index (χ4n) is 11.1. The van der Waals surface area contributed by atoms with Crippen molar-refractivity contribution in [3.05, 3.63) is 296 Å². The number of alkyl carbamates (subject to hydrolysis) is 4. The van der Waals surface area contributed by atoms with Gasteiger partial charge in [0.05, 0.1) is 0 Å². The van der Waals surface area contributed by atoms with Crippen LogP contribution < -0.4 is 37.2 Å². The van der Waals surface area contributed by atoms with E-state index in [1.165, 1.54) is 0 Å². The maximum Gasteiger partial charge on any atom is 0.407 e. The Morgan fingerprint density at radius 2 is 0.505 bits per heavy atom. The topological polar surface area (TPSA) is 267 Å². The highest BCUT2D eigenvalue weighted by Gasteiger charge is 2.16. The van der Waals surface area contributed by atoms with Crippen molar-refractivity contribution in [1.82, 2.24) is 37.2 Å². The number of benzene rings is 8. The molecule has 0 aromatic heterocycles. The molecule has 0 aliphatic carbocycles. The molecule has 103 heavy (non-hydrogen) atoms. The maximum atomic E-state index is 14.1. The van der Waals surface area contributed by atoms with Crippen LogP contribution in [-0.4, -0.2) is 87.3 Å². The Morgan fingerprint density at radius 3 is 0.777 bits per heavy atom. The van der Waals surface area contributed by atoms with Gasteiger partial charge in [-0.3, -0.25) is 14.4 Å². The first-order valence-corrected chi connectivity index (χ1v) is 35.1. The van der Waals surface area contributed by atoms with Crippen molar-refractivity contribution >= 4 is 48.1 Å². The fraction of sp³-hybridized carbons (Fsp3) is 0.301. The summed E-state index contributed by atoms with van der Waals surface area (Å²) in [5.74, 6) is -1.28. The third-order valence-electron chi connectivity index (χ3n) is 16.5. The fourth-order valence-corrected chi connectivity index (χ4v) is 11.1. The summed E-state index contributed by atoms with van der Waals surface area (Å²) in [5, 5.41) is 20.5. The van der Waals surface area contributed by atoms with Crippen molar-refractivity contribution < 1.29 is 62.0 Å². The van der Waals surface area contributed by atoms with Crippen LogP contribution in [0, 0.1) is 0 Å². The second-order valence-electron chi connectivity index (χ2n) is 25.1. The largest absolute Gasteiger partial charge is 0.457 e. The number of amides is 7. The summed E-state index contributed by atoms with van der Waals surface area (Å²) in [6, 6.07) is 62.4. The first kappa shape index (κ1) is 77.2. The number of esters is 1. The van der Waals surface area contributed by atoms with E-state index in [1.54, 1.807) is 6.92 Å². The van der Waals surface area contributed by atoms with Crippen molar-refractivity contribution in [3.63, 3.8) is 0 Å². The quantitative estimate of drug-likeness (QED) is 0.00816. The number of hydrogen-bond acceptors (Lipinski definition) is 13. The molecular formula is C83H93N7O13. The van der Waals surface area contributed by atoms with Crippen molar-refractivity contribution in [3.8, 4) is 0 Å². The standard InChI is InChI=1S/C83H93N7O13/c1-60(2)79(94)99-55-66-37-35-61(36-38-66)54-90-78(93)75-52-67(29-15-39-84-76(91)73-48-69(31-17-41-86-80(95)100-56-62-21-7-3-8-22-62)46-70(49-73)32-18-42-87-81(96)101-57-63-23-9-4-10-24-63)45-68(53-75)30-16-40-85-77(92)74-50-71(33-19-43-88-82(97)102-58-64-25-11-5-12-26-64)47-72(51-74)34-20-44-89-83(98)103-59-65-27-13-6-14-28-65/h3-14,21-28,35-38,45-53H,1,15-20,29-34,39-44,54-59H2,2H3,(H,84,91)(H,85,92)(H,86,95)(H,87,96)(H,88,97)(H,89,98)(H,90,93). The molecule has 0 fully saturated rings. The molecule has 0 spiro atoms. The molecular weight excluding hydrogens is 1300 g/mol. The van der Waals surface area contributed by atoms with Gasteiger partial charge in [-0.15, -0.1) is 0 Å². The van der Waals surface area contributed by atoms with Gasteiger partial charge in [0.25, 0.3) is 17.7 Å². The summed E-state index contributed by atoms with van der Waals surface area (Å²) in [6.45, 7) is 8.24. The Kier molecular flexibility index (Phi) is 32.4. The van der Waals surface area contributed by atoms with Crippen LogP contribution in [0.3, 0.4) is 0 Å². The van der Waals surface area contributed by atoms with Gasteiger partial charge in [0.2, 0.25) is 0 Å². The Balaban J connectivity index is 0.887. The Morgan fingerprint density at radius 1 is 0.272 bits per heavy atom. The summed E-state index contributed by atoms with van der Waals surface area (Å²) >= 11 is 0. The minimum Gasteiger partial charge on any atom is -0.457 e. The highest BCUT2D eigenvalue weighted by molar-refractivity contribution is 5.96. The van der Waals surface area contributed by atoms with Crippen LogP contribution in [0.15, 0.2) is 212 Å². The van der Waals surface area contributed by atoms with Crippen LogP contribution in [0.2, 0.25) is 0 Å². The number of aryl methyl sites for hydroxylation is 6. The van der Waals surface area contributed by atoms with E-state index in [4.69, 9.17) is 23.7 Å². The highest BCUT2D eigenvalue weighted by Crippen LogP contribution is 2.20. The number of ether oxygens (including phenoxy) is 5. The molecule has 8 aromatic carbocycles. The number of hydrogen-bond donors (Lipinski definition) is 7. The molecule has 0 atom stereocenters. The van der Waals surface area contributed by atoms with Crippen LogP contribution >= 0.6 is 0 Å². The molecule has 0 bridgehead atoms. The normalized spacial score (nSPS) is 10.7. The minimum atomic E-state index is -0.519.